The summed E-state index contributed by atoms with van der Waals surface area (Å²) in [6.45, 7) is 18.6. The van der Waals surface area contributed by atoms with Crippen LogP contribution in [0.1, 0.15) is 67.0 Å². The van der Waals surface area contributed by atoms with Gasteiger partial charge in [0.2, 0.25) is 0 Å². The molecule has 2 aliphatic rings. The van der Waals surface area contributed by atoms with Crippen LogP contribution < -0.4 is 0 Å². The Balaban J connectivity index is 1.83. The van der Waals surface area contributed by atoms with Crippen molar-refractivity contribution in [2.24, 2.45) is 5.92 Å². The van der Waals surface area contributed by atoms with E-state index >= 15 is 0 Å². The van der Waals surface area contributed by atoms with Crippen molar-refractivity contribution in [3.63, 3.8) is 0 Å². The summed E-state index contributed by atoms with van der Waals surface area (Å²) in [7, 11) is 17.0. The number of hydrogen-bond donors (Lipinski definition) is 0. The van der Waals surface area contributed by atoms with E-state index in [9.17, 15) is 0 Å². The van der Waals surface area contributed by atoms with Gasteiger partial charge in [-0.3, -0.25) is 0 Å². The van der Waals surface area contributed by atoms with Crippen molar-refractivity contribution in [3.05, 3.63) is 105 Å². The first kappa shape index (κ1) is 27.4. The second-order valence-electron chi connectivity index (χ2n) is 12.1. The fourth-order valence-electron chi connectivity index (χ4n) is 7.18. The molecule has 0 fully saturated rings. The molecule has 0 N–H and O–H groups in total. The summed E-state index contributed by atoms with van der Waals surface area (Å²) in [6.07, 6.45) is 4.88. The van der Waals surface area contributed by atoms with E-state index in [1.807, 2.05) is 0 Å². The molecule has 0 saturated heterocycles. The summed E-state index contributed by atoms with van der Waals surface area (Å²) in [4.78, 5) is 0. The molecule has 0 saturated carbocycles. The number of benzene rings is 3. The van der Waals surface area contributed by atoms with E-state index in [-0.39, 0.29) is 7.25 Å². The van der Waals surface area contributed by atoms with E-state index < -0.39 is 21.5 Å². The van der Waals surface area contributed by atoms with Crippen LogP contribution in [-0.4, -0.2) is 5.92 Å². The van der Waals surface area contributed by atoms with Gasteiger partial charge in [0.25, 0.3) is 0 Å². The average Bonchev–Trinajstić information content (AvgIpc) is 3.44. The number of hydrogen-bond acceptors (Lipinski definition) is 0. The predicted octanol–water partition coefficient (Wildman–Crippen LogP) is 10.5. The summed E-state index contributed by atoms with van der Waals surface area (Å²) >= 11 is -4.68. The summed E-state index contributed by atoms with van der Waals surface area (Å²) in [5, 5.41) is 0. The minimum atomic E-state index is -4.68. The molecule has 193 valence electrons. The van der Waals surface area contributed by atoms with Crippen LogP contribution in [0.3, 0.4) is 0 Å². The zero-order chi connectivity index (χ0) is 26.9. The van der Waals surface area contributed by atoms with E-state index in [1.165, 1.54) is 61.2 Å². The van der Waals surface area contributed by atoms with Gasteiger partial charge in [-0.2, -0.15) is 0 Å². The summed E-state index contributed by atoms with van der Waals surface area (Å²) < 4.78 is 0.290. The van der Waals surface area contributed by atoms with Crippen LogP contribution in [0.2, 0.25) is 13.1 Å². The fourth-order valence-corrected chi connectivity index (χ4v) is 39.5. The molecule has 0 amide bonds. The SMILES string of the molecule is CC1=Cc2c(-c3ccccc3)ccc(C)c2[CH]1[Zr]([Cl])([Cl])([CH]1C(C(C)C)=Cc2c(C)ccc(C)c21)[SiH](C)C. The van der Waals surface area contributed by atoms with Crippen molar-refractivity contribution in [1.82, 2.24) is 0 Å². The third-order valence-corrected chi connectivity index (χ3v) is 61.1. The monoisotopic (exact) mass is 623 g/mol. The number of allylic oxidation sites excluding steroid dienone is 2. The van der Waals surface area contributed by atoms with E-state index in [4.69, 9.17) is 17.0 Å². The molecule has 0 nitrogen and oxygen atoms in total. The van der Waals surface area contributed by atoms with Gasteiger partial charge in [0, 0.05) is 0 Å². The van der Waals surface area contributed by atoms with Gasteiger partial charge in [-0.25, -0.2) is 0 Å². The molecule has 2 atom stereocenters. The second-order valence-corrected chi connectivity index (χ2v) is 54.6. The van der Waals surface area contributed by atoms with Gasteiger partial charge in [-0.1, -0.05) is 0 Å². The maximum absolute atomic E-state index is 8.48. The van der Waals surface area contributed by atoms with Crippen LogP contribution in [0.4, 0.5) is 0 Å². The fraction of sp³-hybridized carbons (Fsp3) is 0.333. The first-order valence-corrected chi connectivity index (χ1v) is 29.9. The number of halogens is 2. The molecule has 0 aliphatic heterocycles. The molecule has 0 heterocycles. The van der Waals surface area contributed by atoms with E-state index in [2.05, 4.69) is 121 Å². The van der Waals surface area contributed by atoms with Gasteiger partial charge in [0.05, 0.1) is 0 Å². The predicted molar refractivity (Wildman–Crippen MR) is 165 cm³/mol. The molecule has 0 bridgehead atoms. The van der Waals surface area contributed by atoms with Gasteiger partial charge in [-0.15, -0.1) is 0 Å². The molecule has 37 heavy (non-hydrogen) atoms. The minimum absolute atomic E-state index is 0.133. The topological polar surface area (TPSA) is 0 Å². The van der Waals surface area contributed by atoms with E-state index in [1.54, 1.807) is 0 Å². The van der Waals surface area contributed by atoms with Crippen molar-refractivity contribution in [3.8, 4) is 11.1 Å². The van der Waals surface area contributed by atoms with Gasteiger partial charge in [-0.05, 0) is 0 Å². The van der Waals surface area contributed by atoms with Crippen molar-refractivity contribution >= 4 is 35.1 Å². The van der Waals surface area contributed by atoms with Gasteiger partial charge >= 0.3 is 234 Å². The third-order valence-electron chi connectivity index (χ3n) is 9.24. The molecule has 2 unspecified atom stereocenters. The Bertz CT molecular complexity index is 1460. The average molecular weight is 626 g/mol. The Morgan fingerprint density at radius 1 is 0.703 bits per heavy atom. The second kappa shape index (κ2) is 9.48. The Morgan fingerprint density at radius 3 is 1.86 bits per heavy atom. The van der Waals surface area contributed by atoms with Gasteiger partial charge < -0.3 is 0 Å². The van der Waals surface area contributed by atoms with Gasteiger partial charge in [0.15, 0.2) is 0 Å². The van der Waals surface area contributed by atoms with Crippen molar-refractivity contribution < 1.29 is 15.6 Å². The maximum atomic E-state index is 8.48. The summed E-state index contributed by atoms with van der Waals surface area (Å²) in [5.74, 6) is -1.15. The van der Waals surface area contributed by atoms with Crippen LogP contribution in [0.5, 0.6) is 0 Å². The zero-order valence-corrected chi connectivity index (χ0v) is 28.5. The van der Waals surface area contributed by atoms with Gasteiger partial charge in [0.1, 0.15) is 0 Å². The number of aryl methyl sites for hydroxylation is 3. The van der Waals surface area contributed by atoms with Crippen LogP contribution in [0, 0.1) is 26.7 Å². The molecule has 4 heteroatoms. The van der Waals surface area contributed by atoms with Crippen molar-refractivity contribution in [1.29, 1.82) is 0 Å². The number of fused-ring (bicyclic) bond motifs is 2. The Kier molecular flexibility index (Phi) is 7.02. The molecular formula is C33H39Cl2SiZr. The third kappa shape index (κ3) is 4.00. The van der Waals surface area contributed by atoms with Crippen LogP contribution in [0.25, 0.3) is 23.3 Å². The Morgan fingerprint density at radius 2 is 1.27 bits per heavy atom. The van der Waals surface area contributed by atoms with Crippen molar-refractivity contribution in [2.45, 2.75) is 61.9 Å². The molecule has 3 aromatic carbocycles. The Labute approximate surface area is 232 Å². The quantitative estimate of drug-likeness (QED) is 0.248. The Hall–Kier alpha value is -1.18. The zero-order valence-electron chi connectivity index (χ0n) is 23.4. The number of rotatable bonds is 5. The van der Waals surface area contributed by atoms with E-state index in [0.29, 0.717) is 5.92 Å². The molecule has 0 radical (unpaired) electrons. The summed E-state index contributed by atoms with van der Waals surface area (Å²) in [5.41, 5.74) is 14.9. The van der Waals surface area contributed by atoms with Crippen LogP contribution in [-0.2, 0) is 15.6 Å². The van der Waals surface area contributed by atoms with Crippen molar-refractivity contribution in [2.75, 3.05) is 0 Å². The first-order valence-electron chi connectivity index (χ1n) is 13.6. The normalized spacial score (nSPS) is 19.9. The molecule has 3 aromatic rings. The molecule has 0 spiro atoms. The first-order chi connectivity index (χ1) is 17.4. The standard InChI is InChI=1S/C17H15.C14H17.C2H7Si.2ClH.Zr/c1-12-10-16-13(2)8-9-15(17(16)11-12)14-6-4-3-5-7-14;1-9(2)12-7-13-10(3)5-6-11(4)14(13)8-12;1-3-2;;;/h3-11H,1-2H3;5-9H,1-4H3;3H,1-2H3;2*1H;/q;;;;;+2/p-2. The molecular weight excluding hydrogens is 587 g/mol. The van der Waals surface area contributed by atoms with Crippen LogP contribution in [0.15, 0.2) is 65.7 Å². The van der Waals surface area contributed by atoms with Crippen LogP contribution >= 0.6 is 17.0 Å². The molecule has 2 aliphatic carbocycles. The summed E-state index contributed by atoms with van der Waals surface area (Å²) in [6, 6.07) is 19.9. The van der Waals surface area contributed by atoms with E-state index in [0.717, 1.165) is 0 Å². The molecule has 0 aromatic heterocycles. The molecule has 5 rings (SSSR count).